The lowest BCUT2D eigenvalue weighted by atomic mass is 9.76. The maximum Gasteiger partial charge on any atom is 0.492 e. The van der Waals surface area contributed by atoms with Crippen molar-refractivity contribution in [1.82, 2.24) is 5.32 Å². The highest BCUT2D eigenvalue weighted by Crippen LogP contribution is 2.39. The first-order chi connectivity index (χ1) is 12.2. The van der Waals surface area contributed by atoms with Crippen molar-refractivity contribution < 1.29 is 14.1 Å². The second kappa shape index (κ2) is 7.32. The lowest BCUT2D eigenvalue weighted by molar-refractivity contribution is -0.118. The minimum Gasteiger partial charge on any atom is -0.400 e. The van der Waals surface area contributed by atoms with Gasteiger partial charge in [-0.3, -0.25) is 4.79 Å². The van der Waals surface area contributed by atoms with E-state index < -0.39 is 18.3 Å². The fraction of sp³-hybridized carbons (Fsp3) is 0.571. The van der Waals surface area contributed by atoms with E-state index in [4.69, 9.17) is 15.0 Å². The molecule has 1 amide bonds. The van der Waals surface area contributed by atoms with Gasteiger partial charge in [-0.2, -0.15) is 0 Å². The van der Waals surface area contributed by atoms with E-state index in [0.29, 0.717) is 12.2 Å². The number of anilines is 1. The molecule has 0 spiro atoms. The molecule has 1 aromatic carbocycles. The van der Waals surface area contributed by atoms with Crippen LogP contribution in [0.15, 0.2) is 23.7 Å². The van der Waals surface area contributed by atoms with E-state index in [-0.39, 0.29) is 11.3 Å². The standard InChI is InChI=1S/C21H33BN2O3/c1-14(25)24-13-17(22-26-20(5,6)21(7,8)27-22)12-15-11-16(19(2,3)4)9-10-18(15)23/h9-12H,13,23H2,1-8H3,(H,24,25). The van der Waals surface area contributed by atoms with E-state index in [1.807, 2.05) is 39.8 Å². The Morgan fingerprint density at radius 2 is 1.74 bits per heavy atom. The molecule has 1 heterocycles. The zero-order chi connectivity index (χ0) is 20.6. The number of amides is 1. The third kappa shape index (κ3) is 4.93. The molecule has 1 aliphatic heterocycles. The average molecular weight is 372 g/mol. The largest absolute Gasteiger partial charge is 0.492 e. The number of hydrogen-bond acceptors (Lipinski definition) is 4. The molecular formula is C21H33BN2O3. The number of benzene rings is 1. The summed E-state index contributed by atoms with van der Waals surface area (Å²) < 4.78 is 12.4. The van der Waals surface area contributed by atoms with Crippen molar-refractivity contribution in [2.24, 2.45) is 0 Å². The molecule has 0 aliphatic carbocycles. The normalized spacial score (nSPS) is 19.3. The summed E-state index contributed by atoms with van der Waals surface area (Å²) in [5.74, 6) is -0.103. The zero-order valence-corrected chi connectivity index (χ0v) is 17.9. The van der Waals surface area contributed by atoms with Gasteiger partial charge in [-0.15, -0.1) is 0 Å². The van der Waals surface area contributed by atoms with E-state index >= 15 is 0 Å². The van der Waals surface area contributed by atoms with Gasteiger partial charge in [0.1, 0.15) is 0 Å². The Bertz CT molecular complexity index is 732. The average Bonchev–Trinajstić information content (AvgIpc) is 2.72. The molecule has 1 fully saturated rings. The molecular weight excluding hydrogens is 339 g/mol. The van der Waals surface area contributed by atoms with Crippen molar-refractivity contribution in [3.8, 4) is 0 Å². The number of nitrogens with one attached hydrogen (secondary N) is 1. The topological polar surface area (TPSA) is 73.6 Å². The van der Waals surface area contributed by atoms with Gasteiger partial charge in [-0.1, -0.05) is 32.9 Å². The Morgan fingerprint density at radius 1 is 1.19 bits per heavy atom. The Balaban J connectivity index is 2.45. The third-order valence-corrected chi connectivity index (χ3v) is 5.39. The van der Waals surface area contributed by atoms with E-state index in [2.05, 4.69) is 38.2 Å². The van der Waals surface area contributed by atoms with E-state index in [0.717, 1.165) is 11.0 Å². The van der Waals surface area contributed by atoms with Crippen molar-refractivity contribution in [3.63, 3.8) is 0 Å². The first-order valence-corrected chi connectivity index (χ1v) is 9.43. The second-order valence-corrected chi connectivity index (χ2v) is 9.31. The van der Waals surface area contributed by atoms with Crippen LogP contribution in [0.1, 0.15) is 66.5 Å². The predicted molar refractivity (Wildman–Crippen MR) is 112 cm³/mol. The quantitative estimate of drug-likeness (QED) is 0.624. The molecule has 0 radical (unpaired) electrons. The molecule has 0 aromatic heterocycles. The van der Waals surface area contributed by atoms with Crippen molar-refractivity contribution in [2.45, 2.75) is 72.0 Å². The Kier molecular flexibility index (Phi) is 5.84. The van der Waals surface area contributed by atoms with Gasteiger partial charge in [-0.25, -0.2) is 0 Å². The maximum atomic E-state index is 11.5. The van der Waals surface area contributed by atoms with E-state index in [1.54, 1.807) is 0 Å². The molecule has 3 N–H and O–H groups in total. The highest BCUT2D eigenvalue weighted by molar-refractivity contribution is 6.56. The Labute approximate surface area is 163 Å². The summed E-state index contributed by atoms with van der Waals surface area (Å²) in [4.78, 5) is 11.5. The maximum absolute atomic E-state index is 11.5. The molecule has 27 heavy (non-hydrogen) atoms. The van der Waals surface area contributed by atoms with Crippen LogP contribution in [0.4, 0.5) is 5.69 Å². The van der Waals surface area contributed by atoms with Gasteiger partial charge in [-0.05, 0) is 61.8 Å². The number of nitrogens with two attached hydrogens (primary N) is 1. The summed E-state index contributed by atoms with van der Waals surface area (Å²) in [6.45, 7) is 16.4. The van der Waals surface area contributed by atoms with Crippen molar-refractivity contribution in [2.75, 3.05) is 12.3 Å². The van der Waals surface area contributed by atoms with Crippen LogP contribution >= 0.6 is 0 Å². The first-order valence-electron chi connectivity index (χ1n) is 9.43. The molecule has 1 aliphatic rings. The zero-order valence-electron chi connectivity index (χ0n) is 17.9. The highest BCUT2D eigenvalue weighted by Gasteiger charge is 2.52. The summed E-state index contributed by atoms with van der Waals surface area (Å²) in [6, 6.07) is 6.07. The van der Waals surface area contributed by atoms with Gasteiger partial charge < -0.3 is 20.4 Å². The number of carbonyl (C=O) groups is 1. The van der Waals surface area contributed by atoms with Crippen LogP contribution in [0, 0.1) is 0 Å². The molecule has 1 saturated heterocycles. The number of rotatable bonds is 4. The van der Waals surface area contributed by atoms with E-state index in [1.165, 1.54) is 12.5 Å². The van der Waals surface area contributed by atoms with E-state index in [9.17, 15) is 4.79 Å². The van der Waals surface area contributed by atoms with Crippen LogP contribution in [0.25, 0.3) is 6.08 Å². The Morgan fingerprint density at radius 3 is 2.22 bits per heavy atom. The predicted octanol–water partition coefficient (Wildman–Crippen LogP) is 3.72. The summed E-state index contributed by atoms with van der Waals surface area (Å²) in [6.07, 6.45) is 1.97. The fourth-order valence-electron chi connectivity index (χ4n) is 2.79. The van der Waals surface area contributed by atoms with Gasteiger partial charge in [0.15, 0.2) is 0 Å². The second-order valence-electron chi connectivity index (χ2n) is 9.31. The molecule has 1 aromatic rings. The summed E-state index contributed by atoms with van der Waals surface area (Å²) in [5, 5.41) is 2.85. The van der Waals surface area contributed by atoms with Crippen molar-refractivity contribution in [1.29, 1.82) is 0 Å². The van der Waals surface area contributed by atoms with Crippen LogP contribution in [-0.2, 0) is 19.5 Å². The monoisotopic (exact) mass is 372 g/mol. The van der Waals surface area contributed by atoms with Crippen molar-refractivity contribution >= 4 is 24.8 Å². The summed E-state index contributed by atoms with van der Waals surface area (Å²) in [7, 11) is -0.542. The van der Waals surface area contributed by atoms with Gasteiger partial charge in [0.25, 0.3) is 0 Å². The molecule has 6 heteroatoms. The van der Waals surface area contributed by atoms with Gasteiger partial charge in [0.2, 0.25) is 5.91 Å². The summed E-state index contributed by atoms with van der Waals surface area (Å²) >= 11 is 0. The van der Waals surface area contributed by atoms with Crippen LogP contribution in [-0.4, -0.2) is 30.8 Å². The van der Waals surface area contributed by atoms with Crippen LogP contribution in [0.5, 0.6) is 0 Å². The summed E-state index contributed by atoms with van der Waals surface area (Å²) in [5.41, 5.74) is 8.94. The number of nitrogen functional groups attached to an aromatic ring is 1. The number of hydrogen-bond donors (Lipinski definition) is 2. The van der Waals surface area contributed by atoms with Crippen LogP contribution < -0.4 is 11.1 Å². The Hall–Kier alpha value is -1.79. The van der Waals surface area contributed by atoms with Crippen LogP contribution in [0.2, 0.25) is 0 Å². The molecule has 0 bridgehead atoms. The first kappa shape index (κ1) is 21.5. The van der Waals surface area contributed by atoms with Gasteiger partial charge in [0.05, 0.1) is 11.2 Å². The molecule has 0 atom stereocenters. The number of carbonyl (C=O) groups excluding carboxylic acids is 1. The lowest BCUT2D eigenvalue weighted by Gasteiger charge is -2.32. The fourth-order valence-corrected chi connectivity index (χ4v) is 2.79. The highest BCUT2D eigenvalue weighted by atomic mass is 16.7. The third-order valence-electron chi connectivity index (χ3n) is 5.39. The minimum atomic E-state index is -0.542. The minimum absolute atomic E-state index is 0.0123. The molecule has 2 rings (SSSR count). The van der Waals surface area contributed by atoms with Gasteiger partial charge >= 0.3 is 7.12 Å². The SMILES string of the molecule is CC(=O)NCC(=Cc1cc(C(C)(C)C)ccc1N)B1OC(C)(C)C(C)(C)O1. The smallest absolute Gasteiger partial charge is 0.400 e. The molecule has 148 valence electrons. The molecule has 0 saturated carbocycles. The lowest BCUT2D eigenvalue weighted by Crippen LogP contribution is -2.41. The van der Waals surface area contributed by atoms with Gasteiger partial charge in [0, 0.05) is 19.2 Å². The molecule has 0 unspecified atom stereocenters. The molecule has 5 nitrogen and oxygen atoms in total. The van der Waals surface area contributed by atoms with Crippen molar-refractivity contribution in [3.05, 3.63) is 34.8 Å². The van der Waals surface area contributed by atoms with Crippen LogP contribution in [0.3, 0.4) is 0 Å².